The van der Waals surface area contributed by atoms with Crippen molar-refractivity contribution < 1.29 is 41.6 Å². The van der Waals surface area contributed by atoms with Crippen molar-refractivity contribution in [1.82, 2.24) is 0 Å². The molecule has 0 radical (unpaired) electrons. The highest BCUT2D eigenvalue weighted by Gasteiger charge is 2.14. The maximum Gasteiger partial charge on any atom is 0.310 e. The molecule has 0 amide bonds. The van der Waals surface area contributed by atoms with Crippen molar-refractivity contribution in [2.75, 3.05) is 26.3 Å². The lowest BCUT2D eigenvalue weighted by Gasteiger charge is -2.07. The summed E-state index contributed by atoms with van der Waals surface area (Å²) in [5, 5.41) is 23.6. The minimum atomic E-state index is -0.486. The number of rotatable bonds is 10. The minimum Gasteiger partial charge on any atom is -1.00 e. The second kappa shape index (κ2) is 11.0. The predicted octanol–water partition coefficient (Wildman–Crippen LogP) is -1.47. The molecule has 2 aromatic carbocycles. The Kier molecular flexibility index (Phi) is 9.02. The molecule has 0 aliphatic carbocycles. The van der Waals surface area contributed by atoms with Crippen molar-refractivity contribution in [3.63, 3.8) is 0 Å². The summed E-state index contributed by atoms with van der Waals surface area (Å²) in [4.78, 5) is 20.7. The summed E-state index contributed by atoms with van der Waals surface area (Å²) >= 11 is 0. The fourth-order valence-corrected chi connectivity index (χ4v) is 2.11. The van der Waals surface area contributed by atoms with Crippen molar-refractivity contribution in [2.24, 2.45) is 0 Å². The number of nitrogens with two attached hydrogens (primary N) is 1. The first-order valence-electron chi connectivity index (χ1n) is 7.63. The Labute approximate surface area is 160 Å². The van der Waals surface area contributed by atoms with E-state index in [2.05, 4.69) is 0 Å². The number of nitrogens with zero attached hydrogens (tertiary/aromatic N) is 2. The Morgan fingerprint density at radius 2 is 1.15 bits per heavy atom. The molecule has 2 rings (SSSR count). The number of quaternary nitrogens is 1. The first-order valence-corrected chi connectivity index (χ1v) is 7.63. The van der Waals surface area contributed by atoms with E-state index in [0.717, 1.165) is 0 Å². The van der Waals surface area contributed by atoms with Crippen LogP contribution in [0.2, 0.25) is 0 Å². The molecular formula is C16H18BrN3O6. The molecule has 140 valence electrons. The Hall–Kier alpha value is -2.72. The van der Waals surface area contributed by atoms with Gasteiger partial charge < -0.3 is 31.8 Å². The molecule has 2 aromatic rings. The second-order valence-electron chi connectivity index (χ2n) is 5.01. The lowest BCUT2D eigenvalue weighted by atomic mass is 10.3. The summed E-state index contributed by atoms with van der Waals surface area (Å²) < 4.78 is 10.8. The van der Waals surface area contributed by atoms with Gasteiger partial charge in [0, 0.05) is 12.1 Å². The molecule has 0 spiro atoms. The molecule has 9 nitrogen and oxygen atoms in total. The van der Waals surface area contributed by atoms with Crippen LogP contribution in [0.1, 0.15) is 0 Å². The van der Waals surface area contributed by atoms with Crippen LogP contribution in [0.25, 0.3) is 0 Å². The molecule has 0 heterocycles. The normalized spacial score (nSPS) is 9.85. The Balaban J connectivity index is 0.00000338. The van der Waals surface area contributed by atoms with Crippen LogP contribution in [-0.4, -0.2) is 36.1 Å². The lowest BCUT2D eigenvalue weighted by Crippen LogP contribution is -3.00. The summed E-state index contributed by atoms with van der Waals surface area (Å²) in [6.45, 7) is 1.76. The van der Waals surface area contributed by atoms with Crippen LogP contribution in [-0.2, 0) is 0 Å². The van der Waals surface area contributed by atoms with E-state index in [9.17, 15) is 20.2 Å². The van der Waals surface area contributed by atoms with Crippen molar-refractivity contribution in [3.8, 4) is 11.5 Å². The number of hydrogen-bond donors (Lipinski definition) is 1. The van der Waals surface area contributed by atoms with Gasteiger partial charge in [-0.2, -0.15) is 0 Å². The van der Waals surface area contributed by atoms with Crippen LogP contribution in [0.4, 0.5) is 11.4 Å². The molecule has 0 bridgehead atoms. The highest BCUT2D eigenvalue weighted by atomic mass is 79.9. The maximum absolute atomic E-state index is 10.9. The number of para-hydroxylation sites is 4. The average Bonchev–Trinajstić information content (AvgIpc) is 2.61. The highest BCUT2D eigenvalue weighted by molar-refractivity contribution is 5.46. The van der Waals surface area contributed by atoms with Gasteiger partial charge in [0.2, 0.25) is 0 Å². The molecule has 0 unspecified atom stereocenters. The van der Waals surface area contributed by atoms with Crippen LogP contribution < -0.4 is 31.8 Å². The number of ether oxygens (including phenoxy) is 2. The van der Waals surface area contributed by atoms with Crippen molar-refractivity contribution in [3.05, 3.63) is 68.8 Å². The molecule has 0 aliphatic heterocycles. The SMILES string of the molecule is O=[N+]([O-])c1ccccc1OCC[NH2+]CCOc1ccccc1[N+](=O)[O-].[Br-]. The first-order chi connectivity index (χ1) is 12.1. The maximum atomic E-state index is 10.9. The van der Waals surface area contributed by atoms with E-state index in [1.165, 1.54) is 12.1 Å². The standard InChI is InChI=1S/C16H17N3O6.BrH/c20-18(21)13-5-1-3-7-15(13)24-11-9-17-10-12-25-16-8-4-2-6-14(16)19(22)23;/h1-8,17H,9-12H2;1H. The van der Waals surface area contributed by atoms with Crippen LogP contribution in [0.15, 0.2) is 48.5 Å². The Bertz CT molecular complexity index is 682. The summed E-state index contributed by atoms with van der Waals surface area (Å²) in [7, 11) is 0. The van der Waals surface area contributed by atoms with Crippen molar-refractivity contribution in [1.29, 1.82) is 0 Å². The number of benzene rings is 2. The summed E-state index contributed by atoms with van der Waals surface area (Å²) in [5.41, 5.74) is -0.135. The van der Waals surface area contributed by atoms with Gasteiger partial charge in [0.05, 0.1) is 9.85 Å². The van der Waals surface area contributed by atoms with Crippen LogP contribution in [0.3, 0.4) is 0 Å². The molecular weight excluding hydrogens is 410 g/mol. The van der Waals surface area contributed by atoms with Crippen molar-refractivity contribution >= 4 is 11.4 Å². The third-order valence-corrected chi connectivity index (χ3v) is 3.28. The zero-order chi connectivity index (χ0) is 18.1. The predicted molar refractivity (Wildman–Crippen MR) is 88.8 cm³/mol. The zero-order valence-electron chi connectivity index (χ0n) is 13.7. The van der Waals surface area contributed by atoms with Gasteiger partial charge in [0.25, 0.3) is 0 Å². The van der Waals surface area contributed by atoms with Crippen LogP contribution in [0.5, 0.6) is 11.5 Å². The molecule has 0 aliphatic rings. The first kappa shape index (κ1) is 21.3. The molecule has 2 N–H and O–H groups in total. The molecule has 0 aromatic heterocycles. The van der Waals surface area contributed by atoms with Gasteiger partial charge in [-0.15, -0.1) is 0 Å². The third kappa shape index (κ3) is 6.30. The Morgan fingerprint density at radius 1 is 0.769 bits per heavy atom. The molecule has 10 heteroatoms. The van der Waals surface area contributed by atoms with Crippen LogP contribution >= 0.6 is 0 Å². The topological polar surface area (TPSA) is 121 Å². The van der Waals surface area contributed by atoms with E-state index in [0.29, 0.717) is 26.3 Å². The molecule has 0 saturated carbocycles. The number of halogens is 1. The molecule has 0 fully saturated rings. The Morgan fingerprint density at radius 3 is 1.54 bits per heavy atom. The zero-order valence-corrected chi connectivity index (χ0v) is 15.3. The average molecular weight is 428 g/mol. The fraction of sp³-hybridized carbons (Fsp3) is 0.250. The van der Waals surface area contributed by atoms with Gasteiger partial charge >= 0.3 is 11.4 Å². The van der Waals surface area contributed by atoms with E-state index in [1.54, 1.807) is 36.4 Å². The van der Waals surface area contributed by atoms with Gasteiger partial charge in [0.15, 0.2) is 11.5 Å². The van der Waals surface area contributed by atoms with Gasteiger partial charge in [-0.3, -0.25) is 20.2 Å². The monoisotopic (exact) mass is 427 g/mol. The van der Waals surface area contributed by atoms with E-state index in [4.69, 9.17) is 9.47 Å². The molecule has 0 saturated heterocycles. The van der Waals surface area contributed by atoms with Gasteiger partial charge in [-0.25, -0.2) is 0 Å². The lowest BCUT2D eigenvalue weighted by molar-refractivity contribution is -0.656. The second-order valence-corrected chi connectivity index (χ2v) is 5.01. The number of nitro groups is 2. The fourth-order valence-electron chi connectivity index (χ4n) is 2.11. The smallest absolute Gasteiger partial charge is 0.310 e. The van der Waals surface area contributed by atoms with Gasteiger partial charge in [-0.05, 0) is 12.1 Å². The van der Waals surface area contributed by atoms with Crippen LogP contribution in [0, 0.1) is 20.2 Å². The minimum absolute atomic E-state index is 0. The van der Waals surface area contributed by atoms with Gasteiger partial charge in [-0.1, -0.05) is 24.3 Å². The quantitative estimate of drug-likeness (QED) is 0.280. The number of hydrogen-bond acceptors (Lipinski definition) is 6. The number of nitro benzene ring substituents is 2. The molecule has 26 heavy (non-hydrogen) atoms. The van der Waals surface area contributed by atoms with Gasteiger partial charge in [0.1, 0.15) is 26.3 Å². The van der Waals surface area contributed by atoms with E-state index in [1.807, 2.05) is 5.32 Å². The largest absolute Gasteiger partial charge is 1.00 e. The summed E-state index contributed by atoms with van der Waals surface area (Å²) in [6.07, 6.45) is 0. The van der Waals surface area contributed by atoms with E-state index < -0.39 is 9.85 Å². The highest BCUT2D eigenvalue weighted by Crippen LogP contribution is 2.26. The molecule has 0 atom stereocenters. The summed E-state index contributed by atoms with van der Waals surface area (Å²) in [6, 6.07) is 12.4. The van der Waals surface area contributed by atoms with E-state index in [-0.39, 0.29) is 39.9 Å². The van der Waals surface area contributed by atoms with Crippen molar-refractivity contribution in [2.45, 2.75) is 0 Å². The van der Waals surface area contributed by atoms with E-state index >= 15 is 0 Å². The third-order valence-electron chi connectivity index (χ3n) is 3.28. The summed E-state index contributed by atoms with van der Waals surface area (Å²) in [5.74, 6) is 0.467.